The van der Waals surface area contributed by atoms with Crippen LogP contribution >= 0.6 is 11.6 Å². The molecule has 2 rings (SSSR count). The molecule has 0 spiro atoms. The predicted molar refractivity (Wildman–Crippen MR) is 68.4 cm³/mol. The highest BCUT2D eigenvalue weighted by molar-refractivity contribution is 6.31. The van der Waals surface area contributed by atoms with Crippen LogP contribution in [-0.2, 0) is 0 Å². The van der Waals surface area contributed by atoms with Crippen molar-refractivity contribution in [3.63, 3.8) is 0 Å². The Bertz CT molecular complexity index is 543. The van der Waals surface area contributed by atoms with E-state index in [0.29, 0.717) is 10.6 Å². The van der Waals surface area contributed by atoms with Crippen molar-refractivity contribution in [3.05, 3.63) is 57.5 Å². The van der Waals surface area contributed by atoms with E-state index in [1.54, 1.807) is 6.07 Å². The molecule has 17 heavy (non-hydrogen) atoms. The molecule has 0 saturated carbocycles. The zero-order valence-corrected chi connectivity index (χ0v) is 10.9. The molecule has 1 aromatic heterocycles. The molecule has 1 unspecified atom stereocenters. The average Bonchev–Trinajstić information content (AvgIpc) is 2.53. The molecule has 0 radical (unpaired) electrons. The number of benzene rings is 1. The lowest BCUT2D eigenvalue weighted by molar-refractivity contribution is 0.217. The van der Waals surface area contributed by atoms with Crippen LogP contribution in [0.2, 0.25) is 5.02 Å². The molecule has 1 atom stereocenters. The Hall–Kier alpha value is -1.25. The van der Waals surface area contributed by atoms with Crippen LogP contribution < -0.4 is 0 Å². The average molecular weight is 251 g/mol. The van der Waals surface area contributed by atoms with Gasteiger partial charge in [0, 0.05) is 16.1 Å². The summed E-state index contributed by atoms with van der Waals surface area (Å²) in [5.41, 5.74) is 2.51. The highest BCUT2D eigenvalue weighted by atomic mass is 35.5. The maximum atomic E-state index is 10.4. The summed E-state index contributed by atoms with van der Waals surface area (Å²) in [5.74, 6) is 1.58. The maximum Gasteiger partial charge on any atom is 0.109 e. The quantitative estimate of drug-likeness (QED) is 0.876. The van der Waals surface area contributed by atoms with E-state index in [1.165, 1.54) is 0 Å². The van der Waals surface area contributed by atoms with Gasteiger partial charge in [-0.15, -0.1) is 0 Å². The van der Waals surface area contributed by atoms with Crippen LogP contribution in [-0.4, -0.2) is 5.11 Å². The smallest absolute Gasteiger partial charge is 0.109 e. The van der Waals surface area contributed by atoms with E-state index in [1.807, 2.05) is 39.0 Å². The second-order valence-electron chi connectivity index (χ2n) is 4.18. The van der Waals surface area contributed by atoms with E-state index in [4.69, 9.17) is 16.0 Å². The van der Waals surface area contributed by atoms with Gasteiger partial charge in [-0.05, 0) is 32.4 Å². The van der Waals surface area contributed by atoms with Gasteiger partial charge in [-0.2, -0.15) is 0 Å². The summed E-state index contributed by atoms with van der Waals surface area (Å²) in [7, 11) is 0. The Kier molecular flexibility index (Phi) is 3.27. The van der Waals surface area contributed by atoms with Crippen molar-refractivity contribution in [3.8, 4) is 0 Å². The van der Waals surface area contributed by atoms with E-state index >= 15 is 0 Å². The van der Waals surface area contributed by atoms with Crippen LogP contribution in [0.15, 0.2) is 28.7 Å². The van der Waals surface area contributed by atoms with Crippen LogP contribution in [0, 0.1) is 20.8 Å². The lowest BCUT2D eigenvalue weighted by atomic mass is 9.98. The van der Waals surface area contributed by atoms with Gasteiger partial charge in [-0.1, -0.05) is 29.8 Å². The first kappa shape index (κ1) is 12.2. The summed E-state index contributed by atoms with van der Waals surface area (Å²) < 4.78 is 5.52. The first-order valence-corrected chi connectivity index (χ1v) is 5.89. The molecule has 0 bridgehead atoms. The molecule has 2 nitrogen and oxygen atoms in total. The number of hydrogen-bond donors (Lipinski definition) is 1. The summed E-state index contributed by atoms with van der Waals surface area (Å²) in [6.07, 6.45) is -0.735. The van der Waals surface area contributed by atoms with Gasteiger partial charge < -0.3 is 9.52 Å². The Morgan fingerprint density at radius 3 is 2.29 bits per heavy atom. The highest BCUT2D eigenvalue weighted by Crippen LogP contribution is 2.34. The van der Waals surface area contributed by atoms with Crippen molar-refractivity contribution >= 4 is 11.6 Å². The first-order chi connectivity index (χ1) is 8.02. The van der Waals surface area contributed by atoms with Crippen molar-refractivity contribution in [2.24, 2.45) is 0 Å². The minimum atomic E-state index is -0.735. The molecule has 0 amide bonds. The molecule has 0 aliphatic carbocycles. The van der Waals surface area contributed by atoms with Crippen LogP contribution in [0.3, 0.4) is 0 Å². The van der Waals surface area contributed by atoms with Crippen molar-refractivity contribution in [2.75, 3.05) is 0 Å². The fraction of sp³-hybridized carbons (Fsp3) is 0.286. The largest absolute Gasteiger partial charge is 0.466 e. The SMILES string of the molecule is Cc1oc(C)c(C(O)c2ccccc2Cl)c1C. The number of furan rings is 1. The monoisotopic (exact) mass is 250 g/mol. The van der Waals surface area contributed by atoms with Crippen LogP contribution in [0.1, 0.15) is 34.3 Å². The fourth-order valence-electron chi connectivity index (χ4n) is 2.06. The molecule has 0 aliphatic heterocycles. The Morgan fingerprint density at radius 1 is 1.12 bits per heavy atom. The van der Waals surface area contributed by atoms with Gasteiger partial charge in [-0.25, -0.2) is 0 Å². The highest BCUT2D eigenvalue weighted by Gasteiger charge is 2.21. The molecular weight excluding hydrogens is 236 g/mol. The minimum absolute atomic E-state index is 0.567. The van der Waals surface area contributed by atoms with Crippen LogP contribution in [0.4, 0.5) is 0 Å². The Labute approximate surface area is 106 Å². The molecule has 1 N–H and O–H groups in total. The normalized spacial score (nSPS) is 12.8. The minimum Gasteiger partial charge on any atom is -0.466 e. The molecule has 2 aromatic rings. The first-order valence-electron chi connectivity index (χ1n) is 5.51. The Morgan fingerprint density at radius 2 is 1.76 bits per heavy atom. The number of halogens is 1. The number of aryl methyl sites for hydroxylation is 2. The van der Waals surface area contributed by atoms with Crippen molar-refractivity contribution in [2.45, 2.75) is 26.9 Å². The second kappa shape index (κ2) is 4.55. The van der Waals surface area contributed by atoms with E-state index in [9.17, 15) is 5.11 Å². The molecule has 0 fully saturated rings. The van der Waals surface area contributed by atoms with Gasteiger partial charge in [0.1, 0.15) is 17.6 Å². The molecule has 0 saturated heterocycles. The Balaban J connectivity index is 2.51. The van der Waals surface area contributed by atoms with Crippen molar-refractivity contribution in [1.82, 2.24) is 0 Å². The third-order valence-corrected chi connectivity index (χ3v) is 3.44. The fourth-order valence-corrected chi connectivity index (χ4v) is 2.30. The summed E-state index contributed by atoms with van der Waals surface area (Å²) in [4.78, 5) is 0. The summed E-state index contributed by atoms with van der Waals surface area (Å²) >= 11 is 6.09. The molecule has 1 heterocycles. The van der Waals surface area contributed by atoms with E-state index < -0.39 is 6.10 Å². The van der Waals surface area contributed by atoms with E-state index in [0.717, 1.165) is 22.6 Å². The third-order valence-electron chi connectivity index (χ3n) is 3.09. The molecule has 0 aliphatic rings. The van der Waals surface area contributed by atoms with E-state index in [2.05, 4.69) is 0 Å². The third kappa shape index (κ3) is 2.11. The van der Waals surface area contributed by atoms with Gasteiger partial charge in [0.05, 0.1) is 0 Å². The van der Waals surface area contributed by atoms with Gasteiger partial charge in [0.2, 0.25) is 0 Å². The predicted octanol–water partition coefficient (Wildman–Crippen LogP) is 3.94. The van der Waals surface area contributed by atoms with Crippen LogP contribution in [0.25, 0.3) is 0 Å². The molecular formula is C14H15ClO2. The van der Waals surface area contributed by atoms with Gasteiger partial charge >= 0.3 is 0 Å². The van der Waals surface area contributed by atoms with Crippen molar-refractivity contribution in [1.29, 1.82) is 0 Å². The van der Waals surface area contributed by atoms with Gasteiger partial charge in [-0.3, -0.25) is 0 Å². The maximum absolute atomic E-state index is 10.4. The van der Waals surface area contributed by atoms with E-state index in [-0.39, 0.29) is 0 Å². The summed E-state index contributed by atoms with van der Waals surface area (Å²) in [6, 6.07) is 7.31. The van der Waals surface area contributed by atoms with Gasteiger partial charge in [0.15, 0.2) is 0 Å². The number of aliphatic hydroxyl groups excluding tert-OH is 1. The van der Waals surface area contributed by atoms with Crippen molar-refractivity contribution < 1.29 is 9.52 Å². The molecule has 1 aromatic carbocycles. The number of aliphatic hydroxyl groups is 1. The zero-order valence-electron chi connectivity index (χ0n) is 10.1. The zero-order chi connectivity index (χ0) is 12.6. The lowest BCUT2D eigenvalue weighted by Gasteiger charge is -2.13. The summed E-state index contributed by atoms with van der Waals surface area (Å²) in [6.45, 7) is 5.70. The lowest BCUT2D eigenvalue weighted by Crippen LogP contribution is -2.02. The topological polar surface area (TPSA) is 33.4 Å². The second-order valence-corrected chi connectivity index (χ2v) is 4.58. The molecule has 90 valence electrons. The van der Waals surface area contributed by atoms with Crippen LogP contribution in [0.5, 0.6) is 0 Å². The summed E-state index contributed by atoms with van der Waals surface area (Å²) in [5, 5.41) is 11.0. The van der Waals surface area contributed by atoms with Gasteiger partial charge in [0.25, 0.3) is 0 Å². The standard InChI is InChI=1S/C14H15ClO2/c1-8-9(2)17-10(3)13(8)14(16)11-6-4-5-7-12(11)15/h4-7,14,16H,1-3H3. The number of hydrogen-bond acceptors (Lipinski definition) is 2. The number of rotatable bonds is 2. The molecule has 3 heteroatoms.